The van der Waals surface area contributed by atoms with E-state index in [1.165, 1.54) is 10.9 Å². The van der Waals surface area contributed by atoms with E-state index >= 15 is 0 Å². The Morgan fingerprint density at radius 2 is 2.00 bits per heavy atom. The first kappa shape index (κ1) is 15.0. The molecule has 0 spiro atoms. The summed E-state index contributed by atoms with van der Waals surface area (Å²) in [6, 6.07) is 8.38. The third-order valence-electron chi connectivity index (χ3n) is 3.17. The quantitative estimate of drug-likeness (QED) is 0.824. The fourth-order valence-electron chi connectivity index (χ4n) is 2.14. The van der Waals surface area contributed by atoms with Gasteiger partial charge in [-0.1, -0.05) is 18.2 Å². The van der Waals surface area contributed by atoms with Crippen molar-refractivity contribution in [2.45, 2.75) is 46.3 Å². The summed E-state index contributed by atoms with van der Waals surface area (Å²) < 4.78 is 7.48. The Balaban J connectivity index is 2.21. The summed E-state index contributed by atoms with van der Waals surface area (Å²) in [6.45, 7) is 11.5. The number of ether oxygens (including phenoxy) is 1. The van der Waals surface area contributed by atoms with Crippen molar-refractivity contribution in [2.75, 3.05) is 13.2 Å². The second-order valence-corrected chi connectivity index (χ2v) is 5.99. The number of fused-ring (bicyclic) bond motifs is 1. The summed E-state index contributed by atoms with van der Waals surface area (Å²) in [5.74, 6) is 0. The third kappa shape index (κ3) is 3.81. The largest absolute Gasteiger partial charge is 0.380 e. The van der Waals surface area contributed by atoms with Gasteiger partial charge in [0.15, 0.2) is 0 Å². The molecule has 0 aliphatic heterocycles. The van der Waals surface area contributed by atoms with Gasteiger partial charge < -0.3 is 10.1 Å². The highest BCUT2D eigenvalue weighted by molar-refractivity contribution is 5.81. The predicted octanol–water partition coefficient (Wildman–Crippen LogP) is 2.96. The molecule has 1 aromatic heterocycles. The standard InChI is InChI=1S/C16H25N3O/c1-5-20-11-10-19-15-9-7-6-8-13(15)14(18-19)12-17-16(2,3)4/h6-9,17H,5,10-12H2,1-4H3. The normalized spacial score (nSPS) is 12.2. The van der Waals surface area contributed by atoms with Crippen molar-refractivity contribution in [3.05, 3.63) is 30.0 Å². The molecule has 0 saturated carbocycles. The molecule has 0 unspecified atom stereocenters. The van der Waals surface area contributed by atoms with E-state index in [9.17, 15) is 0 Å². The fraction of sp³-hybridized carbons (Fsp3) is 0.562. The van der Waals surface area contributed by atoms with Crippen LogP contribution in [0.3, 0.4) is 0 Å². The van der Waals surface area contributed by atoms with Crippen LogP contribution >= 0.6 is 0 Å². The maximum absolute atomic E-state index is 5.43. The van der Waals surface area contributed by atoms with E-state index in [-0.39, 0.29) is 5.54 Å². The Morgan fingerprint density at radius 1 is 1.25 bits per heavy atom. The van der Waals surface area contributed by atoms with Crippen molar-refractivity contribution >= 4 is 10.9 Å². The van der Waals surface area contributed by atoms with E-state index in [4.69, 9.17) is 9.84 Å². The number of nitrogens with zero attached hydrogens (tertiary/aromatic N) is 2. The van der Waals surface area contributed by atoms with Gasteiger partial charge in [0, 0.05) is 24.1 Å². The SMILES string of the molecule is CCOCCn1nc(CNC(C)(C)C)c2ccccc21. The molecule has 110 valence electrons. The Bertz CT molecular complexity index is 554. The topological polar surface area (TPSA) is 39.1 Å². The van der Waals surface area contributed by atoms with Crippen LogP contribution in [0.5, 0.6) is 0 Å². The van der Waals surface area contributed by atoms with Crippen LogP contribution in [0.2, 0.25) is 0 Å². The molecule has 0 radical (unpaired) electrons. The summed E-state index contributed by atoms with van der Waals surface area (Å²) in [5, 5.41) is 9.47. The van der Waals surface area contributed by atoms with E-state index in [0.29, 0.717) is 6.61 Å². The molecule has 0 bridgehead atoms. The molecular formula is C16H25N3O. The lowest BCUT2D eigenvalue weighted by molar-refractivity contribution is 0.137. The van der Waals surface area contributed by atoms with Crippen LogP contribution in [0, 0.1) is 0 Å². The van der Waals surface area contributed by atoms with Gasteiger partial charge in [0.05, 0.1) is 24.4 Å². The molecule has 0 atom stereocenters. The van der Waals surface area contributed by atoms with Gasteiger partial charge in [-0.25, -0.2) is 0 Å². The highest BCUT2D eigenvalue weighted by atomic mass is 16.5. The van der Waals surface area contributed by atoms with Gasteiger partial charge in [0.2, 0.25) is 0 Å². The highest BCUT2D eigenvalue weighted by Gasteiger charge is 2.13. The molecule has 1 N–H and O–H groups in total. The molecule has 0 saturated heterocycles. The molecule has 0 aliphatic carbocycles. The van der Waals surface area contributed by atoms with E-state index in [1.807, 2.05) is 11.6 Å². The number of para-hydroxylation sites is 1. The average molecular weight is 275 g/mol. The average Bonchev–Trinajstić information content (AvgIpc) is 2.75. The molecule has 1 aromatic carbocycles. The maximum Gasteiger partial charge on any atom is 0.0841 e. The van der Waals surface area contributed by atoms with Crippen LogP contribution in [0.15, 0.2) is 24.3 Å². The minimum atomic E-state index is 0.0935. The first-order chi connectivity index (χ1) is 9.51. The van der Waals surface area contributed by atoms with E-state index in [0.717, 1.165) is 25.4 Å². The van der Waals surface area contributed by atoms with E-state index in [2.05, 4.69) is 50.4 Å². The van der Waals surface area contributed by atoms with Gasteiger partial charge in [-0.05, 0) is 33.8 Å². The van der Waals surface area contributed by atoms with Crippen LogP contribution < -0.4 is 5.32 Å². The number of hydrogen-bond acceptors (Lipinski definition) is 3. The zero-order chi connectivity index (χ0) is 14.6. The van der Waals surface area contributed by atoms with Gasteiger partial charge >= 0.3 is 0 Å². The summed E-state index contributed by atoms with van der Waals surface area (Å²) in [5.41, 5.74) is 2.38. The van der Waals surface area contributed by atoms with Crippen molar-refractivity contribution in [1.29, 1.82) is 0 Å². The van der Waals surface area contributed by atoms with E-state index in [1.54, 1.807) is 0 Å². The number of rotatable bonds is 6. The minimum absolute atomic E-state index is 0.0935. The smallest absolute Gasteiger partial charge is 0.0841 e. The van der Waals surface area contributed by atoms with Gasteiger partial charge in [-0.3, -0.25) is 4.68 Å². The molecule has 20 heavy (non-hydrogen) atoms. The summed E-state index contributed by atoms with van der Waals surface area (Å²) in [7, 11) is 0. The Kier molecular flexibility index (Phi) is 4.78. The van der Waals surface area contributed by atoms with Gasteiger partial charge in [-0.2, -0.15) is 5.10 Å². The van der Waals surface area contributed by atoms with Crippen molar-refractivity contribution < 1.29 is 4.74 Å². The number of benzene rings is 1. The van der Waals surface area contributed by atoms with Crippen LogP contribution in [-0.4, -0.2) is 28.5 Å². The van der Waals surface area contributed by atoms with E-state index < -0.39 is 0 Å². The van der Waals surface area contributed by atoms with Crippen LogP contribution in [0.25, 0.3) is 10.9 Å². The second kappa shape index (κ2) is 6.37. The monoisotopic (exact) mass is 275 g/mol. The van der Waals surface area contributed by atoms with Gasteiger partial charge in [0.25, 0.3) is 0 Å². The van der Waals surface area contributed by atoms with Crippen LogP contribution in [-0.2, 0) is 17.8 Å². The molecule has 1 heterocycles. The number of hydrogen-bond donors (Lipinski definition) is 1. The van der Waals surface area contributed by atoms with Crippen molar-refractivity contribution in [3.63, 3.8) is 0 Å². The molecule has 2 rings (SSSR count). The fourth-order valence-corrected chi connectivity index (χ4v) is 2.14. The summed E-state index contributed by atoms with van der Waals surface area (Å²) in [6.07, 6.45) is 0. The summed E-state index contributed by atoms with van der Waals surface area (Å²) in [4.78, 5) is 0. The highest BCUT2D eigenvalue weighted by Crippen LogP contribution is 2.19. The predicted molar refractivity (Wildman–Crippen MR) is 82.8 cm³/mol. The maximum atomic E-state index is 5.43. The van der Waals surface area contributed by atoms with Crippen LogP contribution in [0.1, 0.15) is 33.4 Å². The Morgan fingerprint density at radius 3 is 2.70 bits per heavy atom. The lowest BCUT2D eigenvalue weighted by Crippen LogP contribution is -2.35. The Labute approximate surface area is 121 Å². The molecule has 4 nitrogen and oxygen atoms in total. The molecule has 0 amide bonds. The van der Waals surface area contributed by atoms with Crippen molar-refractivity contribution in [2.24, 2.45) is 0 Å². The van der Waals surface area contributed by atoms with Crippen LogP contribution in [0.4, 0.5) is 0 Å². The molecule has 4 heteroatoms. The molecule has 0 fully saturated rings. The zero-order valence-corrected chi connectivity index (χ0v) is 12.9. The third-order valence-corrected chi connectivity index (χ3v) is 3.17. The Hall–Kier alpha value is -1.39. The molecular weight excluding hydrogens is 250 g/mol. The van der Waals surface area contributed by atoms with Gasteiger partial charge in [0.1, 0.15) is 0 Å². The first-order valence-corrected chi connectivity index (χ1v) is 7.28. The van der Waals surface area contributed by atoms with Gasteiger partial charge in [-0.15, -0.1) is 0 Å². The van der Waals surface area contributed by atoms with Crippen molar-refractivity contribution in [3.8, 4) is 0 Å². The molecule has 0 aliphatic rings. The summed E-state index contributed by atoms with van der Waals surface area (Å²) >= 11 is 0. The van der Waals surface area contributed by atoms with Crippen molar-refractivity contribution in [1.82, 2.24) is 15.1 Å². The lowest BCUT2D eigenvalue weighted by atomic mass is 10.1. The molecule has 2 aromatic rings. The lowest BCUT2D eigenvalue weighted by Gasteiger charge is -2.19. The number of nitrogens with one attached hydrogen (secondary N) is 1. The number of aromatic nitrogens is 2. The minimum Gasteiger partial charge on any atom is -0.380 e. The first-order valence-electron chi connectivity index (χ1n) is 7.28. The zero-order valence-electron chi connectivity index (χ0n) is 12.9. The second-order valence-electron chi connectivity index (χ2n) is 5.99.